The molecule has 0 atom stereocenters. The number of likely N-dealkylation sites (tertiary alicyclic amines) is 1. The molecule has 2 saturated heterocycles. The van der Waals surface area contributed by atoms with Gasteiger partial charge in [-0.1, -0.05) is 18.6 Å². The van der Waals surface area contributed by atoms with Crippen LogP contribution in [0.3, 0.4) is 0 Å². The lowest BCUT2D eigenvalue weighted by Gasteiger charge is -2.38. The van der Waals surface area contributed by atoms with Gasteiger partial charge in [-0.05, 0) is 49.3 Å². The second-order valence-electron chi connectivity index (χ2n) is 8.13. The molecule has 1 spiro atoms. The molecule has 1 aromatic rings. The number of nitrogens with zero attached hydrogens (tertiary/aromatic N) is 3. The Hall–Kier alpha value is -1.51. The van der Waals surface area contributed by atoms with Crippen molar-refractivity contribution in [3.05, 3.63) is 29.8 Å². The first-order valence-electron chi connectivity index (χ1n) is 10.3. The Balaban J connectivity index is 0.00000225. The van der Waals surface area contributed by atoms with Crippen LogP contribution >= 0.6 is 24.0 Å². The molecular formula is C21H32IN5O. The number of nitrogens with one attached hydrogen (secondary N) is 2. The van der Waals surface area contributed by atoms with Crippen molar-refractivity contribution in [3.63, 3.8) is 0 Å². The standard InChI is InChI=1S/C21H31N5O.HI/c1-2-22-20(26-12-10-21(16-26)8-3-9-21)24-14-17-4-6-18(7-5-17)25-13-11-23-19(27)15-25;/h4-7H,2-3,8-16H2,1H3,(H,22,24)(H,23,27);1H. The van der Waals surface area contributed by atoms with Gasteiger partial charge >= 0.3 is 0 Å². The number of amides is 1. The van der Waals surface area contributed by atoms with Crippen LogP contribution in [0.4, 0.5) is 5.69 Å². The van der Waals surface area contributed by atoms with E-state index in [1.807, 2.05) is 0 Å². The van der Waals surface area contributed by atoms with Crippen LogP contribution in [0.1, 0.15) is 38.2 Å². The quantitative estimate of drug-likeness (QED) is 0.382. The fourth-order valence-electron chi connectivity index (χ4n) is 4.46. The van der Waals surface area contributed by atoms with Gasteiger partial charge in [0.1, 0.15) is 0 Å². The predicted octanol–water partition coefficient (Wildman–Crippen LogP) is 2.58. The summed E-state index contributed by atoms with van der Waals surface area (Å²) in [6, 6.07) is 8.48. The van der Waals surface area contributed by atoms with Gasteiger partial charge in [0, 0.05) is 38.4 Å². The second-order valence-corrected chi connectivity index (χ2v) is 8.13. The maximum absolute atomic E-state index is 11.6. The van der Waals surface area contributed by atoms with Crippen molar-refractivity contribution < 1.29 is 4.79 Å². The maximum atomic E-state index is 11.6. The minimum atomic E-state index is 0. The van der Waals surface area contributed by atoms with Crippen LogP contribution in [0, 0.1) is 5.41 Å². The summed E-state index contributed by atoms with van der Waals surface area (Å²) in [5.74, 6) is 1.15. The molecule has 0 radical (unpaired) electrons. The summed E-state index contributed by atoms with van der Waals surface area (Å²) in [5, 5.41) is 6.34. The first-order chi connectivity index (χ1) is 13.2. The highest BCUT2D eigenvalue weighted by atomic mass is 127. The zero-order valence-electron chi connectivity index (χ0n) is 16.7. The number of halogens is 1. The number of benzene rings is 1. The number of hydrogen-bond donors (Lipinski definition) is 2. The van der Waals surface area contributed by atoms with Crippen molar-refractivity contribution in [1.82, 2.24) is 15.5 Å². The number of anilines is 1. The number of aliphatic imine (C=N–C) groups is 1. The highest BCUT2D eigenvalue weighted by Crippen LogP contribution is 2.47. The Labute approximate surface area is 185 Å². The van der Waals surface area contributed by atoms with Gasteiger partial charge < -0.3 is 20.4 Å². The Morgan fingerprint density at radius 3 is 2.61 bits per heavy atom. The summed E-state index contributed by atoms with van der Waals surface area (Å²) in [6.07, 6.45) is 5.49. The molecule has 1 amide bonds. The average Bonchev–Trinajstić information content (AvgIpc) is 3.12. The highest BCUT2D eigenvalue weighted by Gasteiger charge is 2.43. The highest BCUT2D eigenvalue weighted by molar-refractivity contribution is 14.0. The minimum Gasteiger partial charge on any atom is -0.360 e. The van der Waals surface area contributed by atoms with Crippen molar-refractivity contribution in [3.8, 4) is 0 Å². The van der Waals surface area contributed by atoms with Crippen molar-refractivity contribution in [2.24, 2.45) is 10.4 Å². The van der Waals surface area contributed by atoms with Crippen LogP contribution < -0.4 is 15.5 Å². The van der Waals surface area contributed by atoms with Gasteiger partial charge in [-0.15, -0.1) is 24.0 Å². The van der Waals surface area contributed by atoms with Crippen LogP contribution in [0.5, 0.6) is 0 Å². The lowest BCUT2D eigenvalue weighted by Crippen LogP contribution is -2.47. The van der Waals surface area contributed by atoms with Crippen LogP contribution in [0.2, 0.25) is 0 Å². The van der Waals surface area contributed by atoms with E-state index in [0.717, 1.165) is 37.8 Å². The van der Waals surface area contributed by atoms with Gasteiger partial charge in [0.2, 0.25) is 5.91 Å². The van der Waals surface area contributed by atoms with Gasteiger partial charge in [0.15, 0.2) is 5.96 Å². The molecule has 2 N–H and O–H groups in total. The number of carbonyl (C=O) groups is 1. The summed E-state index contributed by atoms with van der Waals surface area (Å²) in [7, 11) is 0. The predicted molar refractivity (Wildman–Crippen MR) is 124 cm³/mol. The molecule has 154 valence electrons. The Morgan fingerprint density at radius 1 is 1.21 bits per heavy atom. The van der Waals surface area contributed by atoms with E-state index in [1.54, 1.807) is 0 Å². The topological polar surface area (TPSA) is 60.0 Å². The fraction of sp³-hybridized carbons (Fsp3) is 0.619. The molecule has 2 aliphatic heterocycles. The fourth-order valence-corrected chi connectivity index (χ4v) is 4.46. The molecular weight excluding hydrogens is 465 g/mol. The normalized spacial score (nSPS) is 21.2. The van der Waals surface area contributed by atoms with E-state index in [1.165, 1.54) is 31.2 Å². The minimum absolute atomic E-state index is 0. The molecule has 1 saturated carbocycles. The first-order valence-corrected chi connectivity index (χ1v) is 10.3. The van der Waals surface area contributed by atoms with Crippen LogP contribution in [0.25, 0.3) is 0 Å². The molecule has 28 heavy (non-hydrogen) atoms. The lowest BCUT2D eigenvalue weighted by molar-refractivity contribution is -0.120. The molecule has 0 bridgehead atoms. The molecule has 6 nitrogen and oxygen atoms in total. The van der Waals surface area contributed by atoms with Crippen molar-refractivity contribution in [2.45, 2.75) is 39.2 Å². The van der Waals surface area contributed by atoms with Gasteiger partial charge in [0.05, 0.1) is 13.1 Å². The third-order valence-corrected chi connectivity index (χ3v) is 6.24. The Kier molecular flexibility index (Phi) is 7.06. The Morgan fingerprint density at radius 2 is 2.00 bits per heavy atom. The number of piperazine rings is 1. The molecule has 0 unspecified atom stereocenters. The maximum Gasteiger partial charge on any atom is 0.239 e. The summed E-state index contributed by atoms with van der Waals surface area (Å²) in [4.78, 5) is 21.0. The van der Waals surface area contributed by atoms with E-state index in [-0.39, 0.29) is 29.9 Å². The molecule has 7 heteroatoms. The smallest absolute Gasteiger partial charge is 0.239 e. The van der Waals surface area contributed by atoms with Crippen LogP contribution in [-0.2, 0) is 11.3 Å². The molecule has 0 aromatic heterocycles. The summed E-state index contributed by atoms with van der Waals surface area (Å²) in [5.41, 5.74) is 2.89. The number of hydrogen-bond acceptors (Lipinski definition) is 3. The van der Waals surface area contributed by atoms with E-state index >= 15 is 0 Å². The van der Waals surface area contributed by atoms with Gasteiger partial charge in [0.25, 0.3) is 0 Å². The van der Waals surface area contributed by atoms with E-state index in [0.29, 0.717) is 25.0 Å². The summed E-state index contributed by atoms with van der Waals surface area (Å²) < 4.78 is 0. The molecule has 2 heterocycles. The molecule has 3 aliphatic rings. The second kappa shape index (κ2) is 9.33. The molecule has 1 aromatic carbocycles. The Bertz CT molecular complexity index is 701. The van der Waals surface area contributed by atoms with Gasteiger partial charge in [-0.25, -0.2) is 4.99 Å². The molecule has 1 aliphatic carbocycles. The number of guanidine groups is 1. The van der Waals surface area contributed by atoms with E-state index in [4.69, 9.17) is 4.99 Å². The summed E-state index contributed by atoms with van der Waals surface area (Å²) >= 11 is 0. The van der Waals surface area contributed by atoms with E-state index in [2.05, 4.69) is 51.6 Å². The van der Waals surface area contributed by atoms with E-state index < -0.39 is 0 Å². The van der Waals surface area contributed by atoms with Crippen molar-refractivity contribution >= 4 is 41.5 Å². The largest absolute Gasteiger partial charge is 0.360 e. The third-order valence-electron chi connectivity index (χ3n) is 6.24. The SMILES string of the molecule is CCNC(=NCc1ccc(N2CCNC(=O)C2)cc1)N1CCC2(CCC2)C1.I. The van der Waals surface area contributed by atoms with Crippen molar-refractivity contribution in [1.29, 1.82) is 0 Å². The summed E-state index contributed by atoms with van der Waals surface area (Å²) in [6.45, 7) is 8.04. The van der Waals surface area contributed by atoms with Gasteiger partial charge in [-0.2, -0.15) is 0 Å². The third kappa shape index (κ3) is 4.72. The van der Waals surface area contributed by atoms with Crippen LogP contribution in [-0.4, -0.2) is 56.0 Å². The average molecular weight is 497 g/mol. The van der Waals surface area contributed by atoms with Gasteiger partial charge in [-0.3, -0.25) is 4.79 Å². The number of carbonyl (C=O) groups excluding carboxylic acids is 1. The molecule has 3 fully saturated rings. The zero-order chi connectivity index (χ0) is 18.7. The van der Waals surface area contributed by atoms with Crippen molar-refractivity contribution in [2.75, 3.05) is 44.2 Å². The van der Waals surface area contributed by atoms with E-state index in [9.17, 15) is 4.79 Å². The van der Waals surface area contributed by atoms with Crippen LogP contribution in [0.15, 0.2) is 29.3 Å². The monoisotopic (exact) mass is 497 g/mol. The number of rotatable bonds is 4. The molecule has 4 rings (SSSR count). The lowest BCUT2D eigenvalue weighted by atomic mass is 9.68. The first kappa shape index (κ1) is 21.2. The zero-order valence-corrected chi connectivity index (χ0v) is 19.1.